The number of thiazole rings is 2. The molecule has 141 heavy (non-hydrogen) atoms. The van der Waals surface area contributed by atoms with Crippen LogP contribution in [0.3, 0.4) is 0 Å². The second-order valence-corrected chi connectivity index (χ2v) is 35.9. The molecule has 9 aromatic heterocycles. The van der Waals surface area contributed by atoms with Gasteiger partial charge in [0.15, 0.2) is 0 Å². The molecule has 0 radical (unpaired) electrons. The number of hydrogen-bond acceptors (Lipinski definition) is 9. The van der Waals surface area contributed by atoms with Gasteiger partial charge in [-0.05, 0) is 201 Å². The van der Waals surface area contributed by atoms with Crippen LogP contribution in [0.2, 0.25) is 0 Å². The van der Waals surface area contributed by atoms with Gasteiger partial charge in [0.25, 0.3) is 0 Å². The molecule has 0 amide bonds. The van der Waals surface area contributed by atoms with E-state index in [1.807, 2.05) is 104 Å². The van der Waals surface area contributed by atoms with Crippen LogP contribution in [0.5, 0.6) is 0 Å². The van der Waals surface area contributed by atoms with Gasteiger partial charge in [-0.3, -0.25) is 15.0 Å². The first-order valence-corrected chi connectivity index (χ1v) is 47.4. The summed E-state index contributed by atoms with van der Waals surface area (Å²) in [5.74, 6) is 0.524. The van der Waals surface area contributed by atoms with E-state index in [1.165, 1.54) is 64.7 Å². The summed E-state index contributed by atoms with van der Waals surface area (Å²) in [6.45, 7) is 0. The van der Waals surface area contributed by atoms with E-state index in [1.54, 1.807) is 22.7 Å². The minimum absolute atomic E-state index is 0. The zero-order valence-corrected chi connectivity index (χ0v) is 83.4. The van der Waals surface area contributed by atoms with Crippen molar-refractivity contribution in [2.24, 2.45) is 0 Å². The van der Waals surface area contributed by atoms with Gasteiger partial charge in [-0.15, -0.1) is 149 Å². The van der Waals surface area contributed by atoms with Crippen LogP contribution in [0.25, 0.3) is 247 Å². The maximum absolute atomic E-state index is 6.51. The summed E-state index contributed by atoms with van der Waals surface area (Å²) in [5.41, 5.74) is 34.7. The van der Waals surface area contributed by atoms with E-state index in [0.717, 1.165) is 177 Å². The molecule has 672 valence electrons. The second kappa shape index (κ2) is 39.5. The Bertz CT molecular complexity index is 9190. The van der Waals surface area contributed by atoms with E-state index >= 15 is 0 Å². The van der Waals surface area contributed by atoms with Gasteiger partial charge in [0.1, 0.15) is 11.5 Å². The predicted molar refractivity (Wildman–Crippen MR) is 568 cm³/mol. The molecule has 0 spiro atoms. The first-order chi connectivity index (χ1) is 68.4. The maximum atomic E-state index is 6.51. The Morgan fingerprint density at radius 1 is 0.227 bits per heavy atom. The largest absolute Gasteiger partial charge is 2.00 e. The van der Waals surface area contributed by atoms with Crippen LogP contribution in [0.15, 0.2) is 460 Å². The summed E-state index contributed by atoms with van der Waals surface area (Å²) in [4.78, 5) is 28.7. The number of pyridine rings is 3. The molecule has 15 heteroatoms. The minimum Gasteiger partial charge on any atom is -0.481 e. The molecule has 10 nitrogen and oxygen atoms in total. The summed E-state index contributed by atoms with van der Waals surface area (Å²) in [6, 6.07) is 174. The Balaban J connectivity index is 0.000000123. The minimum atomic E-state index is 0. The van der Waals surface area contributed by atoms with E-state index in [2.05, 4.69) is 412 Å². The molecule has 0 atom stereocenters. The average molecular weight is 2380 g/mol. The van der Waals surface area contributed by atoms with Gasteiger partial charge in [0.2, 0.25) is 0 Å². The van der Waals surface area contributed by atoms with Crippen LogP contribution in [-0.4, -0.2) is 43.6 Å². The number of fused-ring (bicyclic) bond motifs is 12. The third-order valence-electron chi connectivity index (χ3n) is 25.4. The Kier molecular flexibility index (Phi) is 25.3. The molecule has 0 aliphatic rings. The monoisotopic (exact) mass is 2380 g/mol. The molecule has 18 aromatic carbocycles. The Morgan fingerprint density at radius 2 is 0.631 bits per heavy atom. The maximum Gasteiger partial charge on any atom is 2.00 e. The van der Waals surface area contributed by atoms with Crippen molar-refractivity contribution in [3.05, 3.63) is 492 Å². The molecule has 0 aliphatic heterocycles. The summed E-state index contributed by atoms with van der Waals surface area (Å²) in [6.07, 6.45) is 5.47. The van der Waals surface area contributed by atoms with E-state index in [-0.39, 0.29) is 63.2 Å². The zero-order valence-electron chi connectivity index (χ0n) is 75.0. The molecule has 0 fully saturated rings. The molecule has 27 aromatic rings. The average Bonchev–Trinajstić information content (AvgIpc) is 1.58. The summed E-state index contributed by atoms with van der Waals surface area (Å²) >= 11 is 3.40. The second-order valence-electron chi connectivity index (χ2n) is 33.9. The number of aromatic nitrogens is 9. The molecular formula is C126H75N9OPt3S2. The van der Waals surface area contributed by atoms with Gasteiger partial charge in [-0.25, -0.2) is 0 Å². The fraction of sp³-hybridized carbons (Fsp3) is 0. The van der Waals surface area contributed by atoms with Gasteiger partial charge < -0.3 is 33.1 Å². The fourth-order valence-electron chi connectivity index (χ4n) is 18.8. The number of nitrogens with zero attached hydrogens (tertiary/aromatic N) is 9. The van der Waals surface area contributed by atoms with Crippen LogP contribution in [0.4, 0.5) is 0 Å². The Hall–Kier alpha value is -15.9. The third-order valence-corrected chi connectivity index (χ3v) is 27.6. The van der Waals surface area contributed by atoms with E-state index < -0.39 is 0 Å². The van der Waals surface area contributed by atoms with Crippen LogP contribution < -0.4 is 0 Å². The van der Waals surface area contributed by atoms with Gasteiger partial charge in [-0.2, -0.15) is 22.7 Å². The fourth-order valence-corrected chi connectivity index (χ4v) is 20.7. The molecule has 0 saturated heterocycles. The van der Waals surface area contributed by atoms with Crippen molar-refractivity contribution in [1.82, 2.24) is 43.6 Å². The van der Waals surface area contributed by atoms with Crippen molar-refractivity contribution >= 4 is 120 Å². The van der Waals surface area contributed by atoms with Gasteiger partial charge in [0.05, 0.1) is 16.6 Å². The first-order valence-electron chi connectivity index (χ1n) is 45.8. The smallest absolute Gasteiger partial charge is 0.481 e. The zero-order chi connectivity index (χ0) is 91.4. The topological polar surface area (TPSA) is 105 Å². The summed E-state index contributed by atoms with van der Waals surface area (Å²) < 4.78 is 15.7. The third kappa shape index (κ3) is 17.6. The number of para-hydroxylation sites is 3. The Labute approximate surface area is 864 Å². The quantitative estimate of drug-likeness (QED) is 0.0942. The molecule has 9 heterocycles. The SMILES string of the molecule is [Pt+2].[Pt+2].[Pt+2].[c-]1c(-c2ccccn2)cc(-c2ccc(-c3ccccc3)cc2)cc1-n1c2[c-]c(-c3nc4ccc(-c5ccc(-c6ccccc6)cc5)cc4o3)ccc2c2ccccc21.[c-]1c(-c2ccccn2)cccc1-n1c2[c-]c(-c3nc4ccccc4s3)ccc2c2c(-c3ccccc3)cccc21.[c-]1c(-c2ccccn2)cccc1-n1c2[c-]c(-c3nc4ccccc4s3)ccc2c2cc(-c3ccccc3)ccc21. The van der Waals surface area contributed by atoms with Crippen LogP contribution in [-0.2, 0) is 63.2 Å². The summed E-state index contributed by atoms with van der Waals surface area (Å²) in [5, 5.41) is 8.83. The van der Waals surface area contributed by atoms with Crippen LogP contribution in [0, 0.1) is 36.4 Å². The van der Waals surface area contributed by atoms with Crippen LogP contribution in [0.1, 0.15) is 0 Å². The van der Waals surface area contributed by atoms with Gasteiger partial charge in [-0.1, -0.05) is 306 Å². The number of oxazole rings is 1. The molecule has 27 rings (SSSR count). The van der Waals surface area contributed by atoms with Gasteiger partial charge in [0, 0.05) is 54.6 Å². The molecule has 0 aliphatic carbocycles. The Morgan fingerprint density at radius 3 is 1.19 bits per heavy atom. The molecule has 0 bridgehead atoms. The molecule has 0 unspecified atom stereocenters. The van der Waals surface area contributed by atoms with Crippen molar-refractivity contribution < 1.29 is 67.6 Å². The summed E-state index contributed by atoms with van der Waals surface area (Å²) in [7, 11) is 0. The van der Waals surface area contributed by atoms with Crippen molar-refractivity contribution in [3.63, 3.8) is 0 Å². The standard InChI is InChI=1S/C54H33N3O.2C36H21N3S.3Pt/c1-3-11-36(12-4-1)38-18-22-40(23-19-38)42-27-29-50-53(35-42)58-54(56-50)43-26-28-48-47-15-7-8-17-51(47)57(52(48)34-43)46-32-44(31-45(33-46)49-16-9-10-30-55-49)41-24-20-39(21-25-41)37-13-5-2-6-14-37;1-2-10-24(11-3-1)28-14-9-17-32-35(28)29-20-19-26(36-38-31-16-4-5-18-34(31)40-36)23-33(29)39(32)27-13-8-12-25(22-27)30-15-6-7-21-37-30;1-2-9-24(10-3-1)25-17-19-33-30(22-25)29-18-16-27(36-38-32-14-4-5-15-35(32)40-36)23-34(29)39(33)28-12-8-11-26(21-28)31-13-6-7-20-37-31;;;/h1-32,35H;1-21H;1-20,22H;;;/q3*-2;3*+2. The van der Waals surface area contributed by atoms with Crippen molar-refractivity contribution in [2.75, 3.05) is 0 Å². The normalized spacial score (nSPS) is 11.2. The number of benzene rings is 18. The molecule has 0 N–H and O–H groups in total. The van der Waals surface area contributed by atoms with Crippen molar-refractivity contribution in [2.45, 2.75) is 0 Å². The van der Waals surface area contributed by atoms with E-state index in [9.17, 15) is 0 Å². The van der Waals surface area contributed by atoms with Gasteiger partial charge >= 0.3 is 63.2 Å². The number of hydrogen-bond donors (Lipinski definition) is 0. The van der Waals surface area contributed by atoms with E-state index in [4.69, 9.17) is 24.4 Å². The van der Waals surface area contributed by atoms with Crippen molar-refractivity contribution in [3.8, 4) is 150 Å². The van der Waals surface area contributed by atoms with Crippen molar-refractivity contribution in [1.29, 1.82) is 0 Å². The molecular weight excluding hydrogens is 2300 g/mol. The van der Waals surface area contributed by atoms with Crippen LogP contribution >= 0.6 is 22.7 Å². The number of rotatable bonds is 15. The predicted octanol–water partition coefficient (Wildman–Crippen LogP) is 32.7. The molecule has 0 saturated carbocycles. The van der Waals surface area contributed by atoms with E-state index in [0.29, 0.717) is 5.89 Å². The first kappa shape index (κ1) is 90.3.